The van der Waals surface area contributed by atoms with Gasteiger partial charge in [-0.05, 0) is 0 Å². The average Bonchev–Trinajstić information content (AvgIpc) is 1.78. The monoisotopic (exact) mass is 275 g/mol. The van der Waals surface area contributed by atoms with E-state index in [0.29, 0.717) is 12.6 Å². The van der Waals surface area contributed by atoms with E-state index in [1.807, 2.05) is 0 Å². The smallest absolute Gasteiger partial charge is 0 e. The fraction of sp³-hybridized carbons (Fsp3) is 0.818. The van der Waals surface area contributed by atoms with Gasteiger partial charge in [0.25, 0.3) is 0 Å². The Hall–Kier alpha value is 1.02. The van der Waals surface area contributed by atoms with Gasteiger partial charge in [0, 0.05) is 32.7 Å². The third-order valence-electron chi connectivity index (χ3n) is 1.14. The van der Waals surface area contributed by atoms with Gasteiger partial charge in [-0.15, -0.1) is 12.1 Å². The average molecular weight is 275 g/mol. The molecule has 0 atom stereocenters. The molecule has 0 spiro atoms. The third kappa shape index (κ3) is 23.1. The van der Waals surface area contributed by atoms with Gasteiger partial charge < -0.3 is 25.5 Å². The summed E-state index contributed by atoms with van der Waals surface area (Å²) in [6, 6.07) is 0. The summed E-state index contributed by atoms with van der Waals surface area (Å²) in [7, 11) is 0. The molecule has 0 aromatic carbocycles. The molecule has 0 rings (SSSR count). The fourth-order valence-corrected chi connectivity index (χ4v) is 0.578. The summed E-state index contributed by atoms with van der Waals surface area (Å²) in [6.45, 7) is 12.2. The number of hydrogen-bond donors (Lipinski definition) is 0. The molecule has 0 saturated heterocycles. The summed E-state index contributed by atoms with van der Waals surface area (Å²) in [5, 5.41) is 8.65. The van der Waals surface area contributed by atoms with Crippen molar-refractivity contribution >= 4 is 0 Å². The summed E-state index contributed by atoms with van der Waals surface area (Å²) in [6.07, 6.45) is 0. The summed E-state index contributed by atoms with van der Waals surface area (Å²) >= 11 is 0. The van der Waals surface area contributed by atoms with Crippen LogP contribution in [0.1, 0.15) is 34.6 Å². The topological polar surface area (TPSA) is 28.2 Å². The Morgan fingerprint density at radius 3 is 1.79 bits per heavy atom. The summed E-state index contributed by atoms with van der Waals surface area (Å²) in [5.41, 5.74) is 0.0699. The molecule has 0 unspecified atom stereocenters. The van der Waals surface area contributed by atoms with E-state index in [1.165, 1.54) is 0 Å². The van der Waals surface area contributed by atoms with E-state index in [0.717, 1.165) is 6.54 Å². The molecule has 0 aromatic rings. The Kier molecular flexibility index (Phi) is 21.0. The molecule has 0 fully saturated rings. The van der Waals surface area contributed by atoms with E-state index in [4.69, 9.17) is 0 Å². The number of nitrogens with zero attached hydrogens (tertiary/aromatic N) is 2. The zero-order valence-corrected chi connectivity index (χ0v) is 13.8. The van der Waals surface area contributed by atoms with Crippen LogP contribution in [0.4, 0.5) is 0 Å². The predicted molar refractivity (Wildman–Crippen MR) is 63.9 cm³/mol. The molecule has 87 valence electrons. The van der Waals surface area contributed by atoms with E-state index in [9.17, 15) is 0 Å². The Bertz CT molecular complexity index is 98.0. The fourth-order valence-electron chi connectivity index (χ4n) is 0.578. The molecule has 0 bridgehead atoms. The van der Waals surface area contributed by atoms with Crippen LogP contribution in [0.3, 0.4) is 0 Å². The van der Waals surface area contributed by atoms with Crippen molar-refractivity contribution in [3.8, 4) is 0 Å². The largest absolute Gasteiger partial charge is 0.680 e. The molecule has 14 heavy (non-hydrogen) atoms. The first-order valence-corrected chi connectivity index (χ1v) is 4.24. The van der Waals surface area contributed by atoms with Crippen molar-refractivity contribution in [2.45, 2.75) is 40.2 Å². The van der Waals surface area contributed by atoms with Crippen LogP contribution in [0, 0.1) is 20.8 Å². The van der Waals surface area contributed by atoms with E-state index in [-0.39, 0.29) is 53.1 Å². The Balaban J connectivity index is -0.000000167. The van der Waals surface area contributed by atoms with Crippen LogP contribution in [0.5, 0.6) is 0 Å². The normalized spacial score (nSPS) is 9.86. The van der Waals surface area contributed by atoms with Crippen molar-refractivity contribution in [3.63, 3.8) is 0 Å². The van der Waals surface area contributed by atoms with Crippen LogP contribution in [0.15, 0.2) is 0 Å². The molecular formula is C11H26N2Y-4. The van der Waals surface area contributed by atoms with Gasteiger partial charge in [0.2, 0.25) is 0 Å². The van der Waals surface area contributed by atoms with Gasteiger partial charge in [-0.2, -0.15) is 0 Å². The molecule has 0 aliphatic rings. The second-order valence-electron chi connectivity index (χ2n) is 4.27. The quantitative estimate of drug-likeness (QED) is 0.547. The number of hydrogen-bond acceptors (Lipinski definition) is 0. The second-order valence-corrected chi connectivity index (χ2v) is 4.27. The first kappa shape index (κ1) is 24.3. The zero-order chi connectivity index (χ0) is 8.91. The molecule has 3 heteroatoms. The minimum Gasteiger partial charge on any atom is -0.680 e. The van der Waals surface area contributed by atoms with Gasteiger partial charge in [-0.25, -0.2) is 0 Å². The van der Waals surface area contributed by atoms with E-state index in [2.05, 4.69) is 45.3 Å². The van der Waals surface area contributed by atoms with E-state index >= 15 is 0 Å². The van der Waals surface area contributed by atoms with Crippen LogP contribution < -0.4 is 0 Å². The van der Waals surface area contributed by atoms with Crippen molar-refractivity contribution in [3.05, 3.63) is 25.5 Å². The van der Waals surface area contributed by atoms with Gasteiger partial charge >= 0.3 is 0 Å². The van der Waals surface area contributed by atoms with Gasteiger partial charge in [0.05, 0.1) is 0 Å². The second kappa shape index (κ2) is 12.1. The molecular weight excluding hydrogens is 249 g/mol. The predicted octanol–water partition coefficient (Wildman–Crippen LogP) is 4.04. The molecule has 0 amide bonds. The van der Waals surface area contributed by atoms with Gasteiger partial charge in [0.15, 0.2) is 0 Å². The van der Waals surface area contributed by atoms with Gasteiger partial charge in [-0.3, -0.25) is 6.67 Å². The van der Waals surface area contributed by atoms with Crippen LogP contribution in [-0.2, 0) is 32.7 Å². The van der Waals surface area contributed by atoms with Crippen LogP contribution in [-0.4, -0.2) is 18.8 Å². The first-order valence-electron chi connectivity index (χ1n) is 4.24. The van der Waals surface area contributed by atoms with E-state index in [1.54, 1.807) is 0 Å². The molecule has 1 radical (unpaired) electrons. The molecule has 0 saturated carbocycles. The molecule has 0 aliphatic carbocycles. The third-order valence-corrected chi connectivity index (χ3v) is 1.14. The summed E-state index contributed by atoms with van der Waals surface area (Å²) < 4.78 is 0. The Morgan fingerprint density at radius 2 is 1.50 bits per heavy atom. The first-order chi connectivity index (χ1) is 4.92. The number of rotatable bonds is 4. The Labute approximate surface area is 117 Å². The SMILES string of the molecule is CC(C)C[N-]C[N-]C(C)(C)C.[CH3-].[CH3-].[Y]. The van der Waals surface area contributed by atoms with E-state index < -0.39 is 0 Å². The van der Waals surface area contributed by atoms with Gasteiger partial charge in [0.1, 0.15) is 0 Å². The van der Waals surface area contributed by atoms with Crippen LogP contribution in [0.25, 0.3) is 10.6 Å². The molecule has 2 nitrogen and oxygen atoms in total. The maximum Gasteiger partial charge on any atom is 0 e. The minimum absolute atomic E-state index is 0. The molecule has 0 aliphatic heterocycles. The van der Waals surface area contributed by atoms with Crippen molar-refractivity contribution in [1.29, 1.82) is 0 Å². The molecule has 0 heterocycles. The standard InChI is InChI=1S/C9H20N2.2CH3.Y/c1-8(2)6-10-7-11-9(3,4)5;;;/h8H,6-7H2,1-5H3;2*1H3;/q-2;2*-1;. The molecule has 0 aromatic heterocycles. The maximum absolute atomic E-state index is 4.36. The van der Waals surface area contributed by atoms with Crippen molar-refractivity contribution in [2.24, 2.45) is 5.92 Å². The van der Waals surface area contributed by atoms with Crippen LogP contribution in [0.2, 0.25) is 0 Å². The Morgan fingerprint density at radius 1 is 1.07 bits per heavy atom. The van der Waals surface area contributed by atoms with Crippen molar-refractivity contribution in [1.82, 2.24) is 0 Å². The van der Waals surface area contributed by atoms with Crippen LogP contribution >= 0.6 is 0 Å². The maximum atomic E-state index is 4.36. The van der Waals surface area contributed by atoms with Crippen molar-refractivity contribution in [2.75, 3.05) is 13.2 Å². The minimum atomic E-state index is 0. The summed E-state index contributed by atoms with van der Waals surface area (Å²) in [5.74, 6) is 0.658. The summed E-state index contributed by atoms with van der Waals surface area (Å²) in [4.78, 5) is 0. The van der Waals surface area contributed by atoms with Crippen molar-refractivity contribution < 1.29 is 32.7 Å². The molecule has 0 N–H and O–H groups in total. The zero-order valence-electron chi connectivity index (χ0n) is 11.0. The van der Waals surface area contributed by atoms with Gasteiger partial charge in [-0.1, -0.05) is 40.5 Å².